The second-order valence-electron chi connectivity index (χ2n) is 7.23. The van der Waals surface area contributed by atoms with Crippen LogP contribution in [0.3, 0.4) is 0 Å². The summed E-state index contributed by atoms with van der Waals surface area (Å²) in [5, 5.41) is 19.4. The molecule has 3 aromatic heterocycles. The Morgan fingerprint density at radius 2 is 2.23 bits per heavy atom. The number of anilines is 1. The molecule has 12 heteroatoms. The van der Waals surface area contributed by atoms with Crippen LogP contribution in [0.2, 0.25) is 0 Å². The second-order valence-corrected chi connectivity index (χ2v) is 7.23. The van der Waals surface area contributed by atoms with E-state index in [1.54, 1.807) is 6.07 Å². The van der Waals surface area contributed by atoms with Crippen molar-refractivity contribution in [2.24, 2.45) is 5.10 Å². The Hall–Kier alpha value is -3.54. The van der Waals surface area contributed by atoms with Gasteiger partial charge in [0.2, 0.25) is 11.6 Å². The first-order chi connectivity index (χ1) is 14.6. The molecule has 0 unspecified atom stereocenters. The van der Waals surface area contributed by atoms with Gasteiger partial charge >= 0.3 is 0 Å². The van der Waals surface area contributed by atoms with E-state index >= 15 is 0 Å². The van der Waals surface area contributed by atoms with Crippen molar-refractivity contribution >= 4 is 17.9 Å². The number of rotatable bonds is 7. The first kappa shape index (κ1) is 19.8. The number of aromatic nitrogens is 5. The highest BCUT2D eigenvalue weighted by Gasteiger charge is 2.27. The summed E-state index contributed by atoms with van der Waals surface area (Å²) in [7, 11) is 2.02. The maximum Gasteiger partial charge on any atom is 0.293 e. The number of hydrazone groups is 1. The molecule has 0 bridgehead atoms. The minimum absolute atomic E-state index is 0.0615. The van der Waals surface area contributed by atoms with E-state index in [2.05, 4.69) is 36.1 Å². The lowest BCUT2D eigenvalue weighted by molar-refractivity contribution is 0.0947. The first-order valence-corrected chi connectivity index (χ1v) is 9.72. The molecule has 1 aliphatic rings. The lowest BCUT2D eigenvalue weighted by atomic mass is 9.94. The van der Waals surface area contributed by atoms with Crippen LogP contribution < -0.4 is 11.2 Å². The molecule has 12 nitrogen and oxygen atoms in total. The van der Waals surface area contributed by atoms with Crippen LogP contribution in [0.5, 0.6) is 0 Å². The van der Waals surface area contributed by atoms with Gasteiger partial charge in [0.1, 0.15) is 0 Å². The molecule has 0 aliphatic heterocycles. The molecule has 3 aromatic rings. The molecular formula is C18H23N9O3. The highest BCUT2D eigenvalue weighted by molar-refractivity contribution is 5.94. The standard InChI is InChI=1S/C18H23N9O3/c1-26(13-5-3-2-4-6-13)10-14-15(18(28)22-20-9-12-7-8-29-11-12)21-25-27(14)17-16(19)23-30-24-17/h7-9,11,13H,2-6,10H2,1H3,(H2,19,23)(H,22,28)/b20-9-. The van der Waals surface area contributed by atoms with Gasteiger partial charge in [-0.2, -0.15) is 9.78 Å². The number of hydrogen-bond acceptors (Lipinski definition) is 10. The van der Waals surface area contributed by atoms with Crippen LogP contribution in [0.15, 0.2) is 32.7 Å². The van der Waals surface area contributed by atoms with E-state index in [1.165, 1.54) is 42.7 Å². The van der Waals surface area contributed by atoms with E-state index < -0.39 is 5.91 Å². The van der Waals surface area contributed by atoms with Crippen molar-refractivity contribution in [2.75, 3.05) is 12.8 Å². The molecule has 30 heavy (non-hydrogen) atoms. The van der Waals surface area contributed by atoms with E-state index in [0.29, 0.717) is 18.3 Å². The maximum atomic E-state index is 12.7. The molecule has 1 saturated carbocycles. The van der Waals surface area contributed by atoms with Crippen molar-refractivity contribution in [1.82, 2.24) is 35.6 Å². The topological polar surface area (TPSA) is 153 Å². The second kappa shape index (κ2) is 8.86. The van der Waals surface area contributed by atoms with E-state index in [1.807, 2.05) is 7.05 Å². The summed E-state index contributed by atoms with van der Waals surface area (Å²) in [5.74, 6) is -0.245. The fraction of sp³-hybridized carbons (Fsp3) is 0.444. The monoisotopic (exact) mass is 413 g/mol. The van der Waals surface area contributed by atoms with E-state index in [-0.39, 0.29) is 17.3 Å². The number of furan rings is 1. The minimum atomic E-state index is -0.497. The number of carbonyl (C=O) groups is 1. The number of nitrogen functional groups attached to an aromatic ring is 1. The van der Waals surface area contributed by atoms with Crippen molar-refractivity contribution in [3.8, 4) is 5.82 Å². The summed E-state index contributed by atoms with van der Waals surface area (Å²) in [6.07, 6.45) is 10.4. The maximum absolute atomic E-state index is 12.7. The van der Waals surface area contributed by atoms with Crippen molar-refractivity contribution in [3.63, 3.8) is 0 Å². The Labute approximate surface area is 172 Å². The van der Waals surface area contributed by atoms with Crippen LogP contribution in [0, 0.1) is 0 Å². The highest BCUT2D eigenvalue weighted by Crippen LogP contribution is 2.24. The molecule has 0 aromatic carbocycles. The smallest absolute Gasteiger partial charge is 0.293 e. The first-order valence-electron chi connectivity index (χ1n) is 9.72. The quantitative estimate of drug-likeness (QED) is 0.431. The van der Waals surface area contributed by atoms with Crippen LogP contribution in [0.25, 0.3) is 5.82 Å². The van der Waals surface area contributed by atoms with Crippen molar-refractivity contribution in [1.29, 1.82) is 0 Å². The summed E-state index contributed by atoms with van der Waals surface area (Å²) in [5.41, 5.74) is 9.68. The van der Waals surface area contributed by atoms with E-state index in [0.717, 1.165) is 18.4 Å². The van der Waals surface area contributed by atoms with Gasteiger partial charge in [0, 0.05) is 18.2 Å². The minimum Gasteiger partial charge on any atom is -0.472 e. The Kier molecular flexibility index (Phi) is 5.84. The number of nitrogens with one attached hydrogen (secondary N) is 1. The number of amides is 1. The summed E-state index contributed by atoms with van der Waals surface area (Å²) >= 11 is 0. The summed E-state index contributed by atoms with van der Waals surface area (Å²) < 4.78 is 11.0. The average Bonchev–Trinajstić information content (AvgIpc) is 3.50. The fourth-order valence-corrected chi connectivity index (χ4v) is 3.58. The van der Waals surface area contributed by atoms with Crippen molar-refractivity contribution < 1.29 is 13.8 Å². The normalized spacial score (nSPS) is 15.3. The van der Waals surface area contributed by atoms with Gasteiger partial charge < -0.3 is 10.2 Å². The van der Waals surface area contributed by atoms with Crippen LogP contribution in [0.4, 0.5) is 5.82 Å². The Balaban J connectivity index is 1.58. The summed E-state index contributed by atoms with van der Waals surface area (Å²) in [6.45, 7) is 0.429. The van der Waals surface area contributed by atoms with Crippen molar-refractivity contribution in [2.45, 2.75) is 44.7 Å². The van der Waals surface area contributed by atoms with Gasteiger partial charge in [-0.25, -0.2) is 10.1 Å². The Morgan fingerprint density at radius 3 is 2.93 bits per heavy atom. The molecular weight excluding hydrogens is 390 g/mol. The van der Waals surface area contributed by atoms with E-state index in [9.17, 15) is 4.79 Å². The van der Waals surface area contributed by atoms with Gasteiger partial charge in [-0.3, -0.25) is 9.69 Å². The lowest BCUT2D eigenvalue weighted by Gasteiger charge is -2.31. The van der Waals surface area contributed by atoms with Crippen LogP contribution in [-0.2, 0) is 6.54 Å². The molecule has 158 valence electrons. The molecule has 1 aliphatic carbocycles. The van der Waals surface area contributed by atoms with E-state index in [4.69, 9.17) is 14.8 Å². The molecule has 0 atom stereocenters. The number of nitrogens with two attached hydrogens (primary N) is 1. The third-order valence-corrected chi connectivity index (χ3v) is 5.19. The number of nitrogens with zero attached hydrogens (tertiary/aromatic N) is 7. The molecule has 0 radical (unpaired) electrons. The zero-order chi connectivity index (χ0) is 20.9. The van der Waals surface area contributed by atoms with Crippen molar-refractivity contribution in [3.05, 3.63) is 35.5 Å². The largest absolute Gasteiger partial charge is 0.472 e. The third-order valence-electron chi connectivity index (χ3n) is 5.19. The van der Waals surface area contributed by atoms with Gasteiger partial charge in [0.25, 0.3) is 5.91 Å². The molecule has 3 N–H and O–H groups in total. The molecule has 0 saturated heterocycles. The molecule has 1 fully saturated rings. The van der Waals surface area contributed by atoms with Gasteiger partial charge in [-0.15, -0.1) is 5.10 Å². The SMILES string of the molecule is CN(Cc1c(C(=O)N/N=C\c2ccoc2)nnn1-c1nonc1N)C1CCCCC1. The number of carbonyl (C=O) groups excluding carboxylic acids is 1. The molecule has 3 heterocycles. The molecule has 1 amide bonds. The van der Waals surface area contributed by atoms with Crippen LogP contribution in [0.1, 0.15) is 53.8 Å². The third kappa shape index (κ3) is 4.22. The highest BCUT2D eigenvalue weighted by atomic mass is 16.6. The van der Waals surface area contributed by atoms with Crippen LogP contribution in [-0.4, -0.2) is 55.4 Å². The summed E-state index contributed by atoms with van der Waals surface area (Å²) in [6, 6.07) is 2.14. The average molecular weight is 413 g/mol. The Morgan fingerprint density at radius 1 is 1.40 bits per heavy atom. The van der Waals surface area contributed by atoms with Gasteiger partial charge in [0.05, 0.1) is 24.4 Å². The van der Waals surface area contributed by atoms with Crippen LogP contribution >= 0.6 is 0 Å². The fourth-order valence-electron chi connectivity index (χ4n) is 3.58. The molecule has 0 spiro atoms. The predicted octanol–water partition coefficient (Wildman–Crippen LogP) is 1.35. The summed E-state index contributed by atoms with van der Waals surface area (Å²) in [4.78, 5) is 14.9. The van der Waals surface area contributed by atoms with Gasteiger partial charge in [-0.1, -0.05) is 24.5 Å². The predicted molar refractivity (Wildman–Crippen MR) is 106 cm³/mol. The zero-order valence-corrected chi connectivity index (χ0v) is 16.6. The molecule has 4 rings (SSSR count). The number of hydrogen-bond donors (Lipinski definition) is 2. The van der Waals surface area contributed by atoms with Gasteiger partial charge in [-0.05, 0) is 36.3 Å². The zero-order valence-electron chi connectivity index (χ0n) is 16.6. The Bertz CT molecular complexity index is 1000. The lowest BCUT2D eigenvalue weighted by Crippen LogP contribution is -2.34. The van der Waals surface area contributed by atoms with Gasteiger partial charge in [0.15, 0.2) is 5.69 Å².